The smallest absolute Gasteiger partial charge is 0.416 e. The van der Waals surface area contributed by atoms with Crippen LogP contribution in [0, 0.1) is 6.92 Å². The van der Waals surface area contributed by atoms with Crippen molar-refractivity contribution in [3.63, 3.8) is 0 Å². The topological polar surface area (TPSA) is 70.2 Å². The van der Waals surface area contributed by atoms with Gasteiger partial charge in [0.25, 0.3) is 0 Å². The van der Waals surface area contributed by atoms with Crippen molar-refractivity contribution in [2.45, 2.75) is 19.7 Å². The van der Waals surface area contributed by atoms with Crippen LogP contribution in [-0.4, -0.2) is 20.7 Å². The molecule has 0 amide bonds. The van der Waals surface area contributed by atoms with E-state index in [1.165, 1.54) is 18.4 Å². The molecule has 0 N–H and O–H groups in total. The maximum atomic E-state index is 12.7. The molecular formula is C22H16F3N3O3. The highest BCUT2D eigenvalue weighted by Crippen LogP contribution is 2.30. The van der Waals surface area contributed by atoms with Crippen LogP contribution in [-0.2, 0) is 17.5 Å². The fourth-order valence-corrected chi connectivity index (χ4v) is 2.86. The van der Waals surface area contributed by atoms with Gasteiger partial charge in [0.1, 0.15) is 18.6 Å². The minimum atomic E-state index is -4.41. The Bertz CT molecular complexity index is 1210. The van der Waals surface area contributed by atoms with E-state index in [1.54, 1.807) is 29.1 Å². The molecule has 0 radical (unpaired) electrons. The molecule has 9 heteroatoms. The molecule has 0 aliphatic carbocycles. The Balaban J connectivity index is 1.41. The number of ether oxygens (including phenoxy) is 1. The molecule has 6 nitrogen and oxygen atoms in total. The molecule has 0 aliphatic rings. The van der Waals surface area contributed by atoms with Gasteiger partial charge in [-0.2, -0.15) is 18.3 Å². The second-order valence-electron chi connectivity index (χ2n) is 6.75. The Labute approximate surface area is 174 Å². The largest absolute Gasteiger partial charge is 0.455 e. The number of nitrogens with zero attached hydrogens (tertiary/aromatic N) is 3. The number of benzene rings is 2. The first-order valence-corrected chi connectivity index (χ1v) is 9.21. The molecular weight excluding hydrogens is 411 g/mol. The molecule has 4 aromatic rings. The van der Waals surface area contributed by atoms with E-state index in [2.05, 4.69) is 10.1 Å². The summed E-state index contributed by atoms with van der Waals surface area (Å²) in [6.45, 7) is 1.72. The Morgan fingerprint density at radius 2 is 1.90 bits per heavy atom. The normalized spacial score (nSPS) is 11.5. The molecule has 0 saturated carbocycles. The molecule has 0 fully saturated rings. The average Bonchev–Trinajstić information content (AvgIpc) is 3.41. The molecule has 2 aromatic heterocycles. The van der Waals surface area contributed by atoms with Gasteiger partial charge in [-0.1, -0.05) is 6.07 Å². The minimum Gasteiger partial charge on any atom is -0.455 e. The summed E-state index contributed by atoms with van der Waals surface area (Å²) in [5.41, 5.74) is 1.87. The second kappa shape index (κ2) is 8.10. The van der Waals surface area contributed by atoms with Crippen molar-refractivity contribution in [1.82, 2.24) is 14.8 Å². The van der Waals surface area contributed by atoms with Crippen LogP contribution in [0.15, 0.2) is 71.5 Å². The van der Waals surface area contributed by atoms with Crippen LogP contribution >= 0.6 is 0 Å². The lowest BCUT2D eigenvalue weighted by Gasteiger charge is -2.06. The zero-order chi connectivity index (χ0) is 22.0. The van der Waals surface area contributed by atoms with E-state index >= 15 is 0 Å². The van der Waals surface area contributed by atoms with Gasteiger partial charge in [-0.05, 0) is 55.5 Å². The first kappa shape index (κ1) is 20.4. The van der Waals surface area contributed by atoms with Crippen LogP contribution in [0.3, 0.4) is 0 Å². The van der Waals surface area contributed by atoms with Gasteiger partial charge in [-0.3, -0.25) is 0 Å². The number of halogens is 3. The number of alkyl halides is 3. The van der Waals surface area contributed by atoms with Gasteiger partial charge in [-0.25, -0.2) is 14.5 Å². The quantitative estimate of drug-likeness (QED) is 0.409. The van der Waals surface area contributed by atoms with E-state index in [-0.39, 0.29) is 12.5 Å². The molecule has 0 spiro atoms. The van der Waals surface area contributed by atoms with E-state index in [4.69, 9.17) is 9.15 Å². The highest BCUT2D eigenvalue weighted by molar-refractivity contribution is 5.90. The zero-order valence-corrected chi connectivity index (χ0v) is 16.3. The number of carbonyl (C=O) groups is 1. The van der Waals surface area contributed by atoms with Crippen molar-refractivity contribution in [1.29, 1.82) is 0 Å². The molecule has 4 rings (SSSR count). The number of carbonyl (C=O) groups excluding carboxylic acids is 1. The summed E-state index contributed by atoms with van der Waals surface area (Å²) < 4.78 is 50.3. The highest BCUT2D eigenvalue weighted by Gasteiger charge is 2.30. The maximum absolute atomic E-state index is 12.7. The van der Waals surface area contributed by atoms with Gasteiger partial charge < -0.3 is 9.15 Å². The molecule has 0 saturated heterocycles. The number of hydrogen-bond donors (Lipinski definition) is 0. The molecule has 2 heterocycles. The molecule has 158 valence electrons. The molecule has 2 aromatic carbocycles. The van der Waals surface area contributed by atoms with Gasteiger partial charge >= 0.3 is 12.1 Å². The number of hydrogen-bond acceptors (Lipinski definition) is 5. The van der Waals surface area contributed by atoms with Crippen molar-refractivity contribution >= 4 is 5.97 Å². The van der Waals surface area contributed by atoms with Crippen molar-refractivity contribution < 1.29 is 27.1 Å². The minimum absolute atomic E-state index is 0.135. The Hall–Kier alpha value is -3.88. The monoisotopic (exact) mass is 427 g/mol. The number of esters is 1. The fourth-order valence-electron chi connectivity index (χ4n) is 2.86. The van der Waals surface area contributed by atoms with Gasteiger partial charge in [0.05, 0.1) is 22.5 Å². The number of oxazole rings is 1. The van der Waals surface area contributed by atoms with Crippen LogP contribution in [0.1, 0.15) is 27.3 Å². The average molecular weight is 427 g/mol. The van der Waals surface area contributed by atoms with Crippen LogP contribution in [0.2, 0.25) is 0 Å². The summed E-state index contributed by atoms with van der Waals surface area (Å²) >= 11 is 0. The Kier molecular flexibility index (Phi) is 5.33. The van der Waals surface area contributed by atoms with E-state index in [0.717, 1.165) is 17.8 Å². The molecule has 0 bridgehead atoms. The predicted molar refractivity (Wildman–Crippen MR) is 104 cm³/mol. The third-order valence-electron chi connectivity index (χ3n) is 4.43. The molecule has 31 heavy (non-hydrogen) atoms. The first-order valence-electron chi connectivity index (χ1n) is 9.21. The van der Waals surface area contributed by atoms with Crippen molar-refractivity contribution in [3.8, 4) is 17.1 Å². The second-order valence-corrected chi connectivity index (χ2v) is 6.75. The highest BCUT2D eigenvalue weighted by atomic mass is 19.4. The van der Waals surface area contributed by atoms with Crippen molar-refractivity contribution in [2.75, 3.05) is 0 Å². The Morgan fingerprint density at radius 3 is 2.58 bits per heavy atom. The van der Waals surface area contributed by atoms with E-state index in [1.807, 2.05) is 19.1 Å². The van der Waals surface area contributed by atoms with Crippen LogP contribution in [0.4, 0.5) is 13.2 Å². The summed E-state index contributed by atoms with van der Waals surface area (Å²) in [6.07, 6.45) is -1.33. The predicted octanol–water partition coefficient (Wildman–Crippen LogP) is 5.21. The van der Waals surface area contributed by atoms with Crippen molar-refractivity contribution in [2.24, 2.45) is 0 Å². The third-order valence-corrected chi connectivity index (χ3v) is 4.43. The van der Waals surface area contributed by atoms with Crippen LogP contribution in [0.25, 0.3) is 17.1 Å². The molecule has 0 aliphatic heterocycles. The maximum Gasteiger partial charge on any atom is 0.416 e. The number of aromatic nitrogens is 3. The summed E-state index contributed by atoms with van der Waals surface area (Å²) in [7, 11) is 0. The standard InChI is InChI=1S/C22H16F3N3O3/c1-14-9-10-28(27-14)19-4-2-3-16(11-19)21(29)31-13-18-12-30-20(26-18)15-5-7-17(8-6-15)22(23,24)25/h2-12H,13H2,1H3. The first-order chi connectivity index (χ1) is 14.8. The van der Waals surface area contributed by atoms with Gasteiger partial charge in [0.2, 0.25) is 5.89 Å². The van der Waals surface area contributed by atoms with E-state index in [9.17, 15) is 18.0 Å². The van der Waals surface area contributed by atoms with Gasteiger partial charge in [0, 0.05) is 11.8 Å². The zero-order valence-electron chi connectivity index (χ0n) is 16.3. The van der Waals surface area contributed by atoms with E-state index in [0.29, 0.717) is 22.5 Å². The summed E-state index contributed by atoms with van der Waals surface area (Å²) in [4.78, 5) is 16.6. The lowest BCUT2D eigenvalue weighted by molar-refractivity contribution is -0.137. The third kappa shape index (κ3) is 4.66. The van der Waals surface area contributed by atoms with Crippen molar-refractivity contribution in [3.05, 3.63) is 89.6 Å². The fraction of sp³-hybridized carbons (Fsp3) is 0.136. The molecule has 0 atom stereocenters. The lowest BCUT2D eigenvalue weighted by Crippen LogP contribution is -2.06. The lowest BCUT2D eigenvalue weighted by atomic mass is 10.1. The summed E-state index contributed by atoms with van der Waals surface area (Å²) in [6, 6.07) is 13.1. The summed E-state index contributed by atoms with van der Waals surface area (Å²) in [5.74, 6) is -0.416. The summed E-state index contributed by atoms with van der Waals surface area (Å²) in [5, 5.41) is 4.31. The van der Waals surface area contributed by atoms with Crippen LogP contribution in [0.5, 0.6) is 0 Å². The molecule has 0 unspecified atom stereocenters. The number of rotatable bonds is 5. The number of aryl methyl sites for hydroxylation is 1. The van der Waals surface area contributed by atoms with Gasteiger partial charge in [0.15, 0.2) is 0 Å². The van der Waals surface area contributed by atoms with Crippen LogP contribution < -0.4 is 0 Å². The van der Waals surface area contributed by atoms with E-state index < -0.39 is 17.7 Å². The van der Waals surface area contributed by atoms with Gasteiger partial charge in [-0.15, -0.1) is 0 Å². The SMILES string of the molecule is Cc1ccn(-c2cccc(C(=O)OCc3coc(-c4ccc(C(F)(F)F)cc4)n3)c2)n1. The Morgan fingerprint density at radius 1 is 1.13 bits per heavy atom.